The highest BCUT2D eigenvalue weighted by atomic mass is 16.2. The van der Waals surface area contributed by atoms with Gasteiger partial charge in [0, 0.05) is 25.0 Å². The molecule has 0 radical (unpaired) electrons. The molecule has 5 heteroatoms. The van der Waals surface area contributed by atoms with Crippen LogP contribution in [0.2, 0.25) is 0 Å². The van der Waals surface area contributed by atoms with Crippen LogP contribution in [-0.4, -0.2) is 34.2 Å². The second-order valence-corrected chi connectivity index (χ2v) is 4.83. The highest BCUT2D eigenvalue weighted by Crippen LogP contribution is 2.20. The zero-order chi connectivity index (χ0) is 14.5. The number of amides is 2. The summed E-state index contributed by atoms with van der Waals surface area (Å²) in [5, 5.41) is 10.9. The molecule has 0 saturated heterocycles. The first-order valence-electron chi connectivity index (χ1n) is 6.91. The van der Waals surface area contributed by atoms with Crippen LogP contribution in [0.5, 0.6) is 0 Å². The fourth-order valence-corrected chi connectivity index (χ4v) is 2.28. The van der Waals surface area contributed by atoms with Gasteiger partial charge in [-0.25, -0.2) is 4.79 Å². The Hall–Kier alpha value is -2.69. The molecule has 1 aliphatic rings. The molecule has 2 heterocycles. The maximum atomic E-state index is 12.2. The van der Waals surface area contributed by atoms with Crippen LogP contribution in [0, 0.1) is 0 Å². The van der Waals surface area contributed by atoms with Crippen LogP contribution >= 0.6 is 0 Å². The highest BCUT2D eigenvalue weighted by Gasteiger charge is 2.18. The Kier molecular flexibility index (Phi) is 3.91. The molecule has 2 aromatic rings. The molecule has 0 saturated carbocycles. The Morgan fingerprint density at radius 2 is 2.00 bits per heavy atom. The SMILES string of the molecule is O=C(Nc1ccccc1)N1CC=C(c2cccnn2)CC1. The maximum Gasteiger partial charge on any atom is 0.322 e. The third kappa shape index (κ3) is 3.25. The van der Waals surface area contributed by atoms with Gasteiger partial charge in [0.1, 0.15) is 0 Å². The number of anilines is 1. The molecule has 21 heavy (non-hydrogen) atoms. The largest absolute Gasteiger partial charge is 0.322 e. The lowest BCUT2D eigenvalue weighted by Gasteiger charge is -2.26. The lowest BCUT2D eigenvalue weighted by Crippen LogP contribution is -2.37. The Morgan fingerprint density at radius 1 is 1.14 bits per heavy atom. The highest BCUT2D eigenvalue weighted by molar-refractivity contribution is 5.89. The normalized spacial score (nSPS) is 14.5. The second-order valence-electron chi connectivity index (χ2n) is 4.83. The van der Waals surface area contributed by atoms with Gasteiger partial charge in [-0.15, -0.1) is 0 Å². The Bertz CT molecular complexity index is 640. The predicted octanol–water partition coefficient (Wildman–Crippen LogP) is 2.80. The van der Waals surface area contributed by atoms with Crippen LogP contribution in [0.1, 0.15) is 12.1 Å². The van der Waals surface area contributed by atoms with Gasteiger partial charge in [0.25, 0.3) is 0 Å². The number of carbonyl (C=O) groups is 1. The summed E-state index contributed by atoms with van der Waals surface area (Å²) in [6, 6.07) is 13.2. The van der Waals surface area contributed by atoms with Gasteiger partial charge >= 0.3 is 6.03 Å². The minimum Gasteiger partial charge on any atom is -0.320 e. The summed E-state index contributed by atoms with van der Waals surface area (Å²) >= 11 is 0. The van der Waals surface area contributed by atoms with Gasteiger partial charge in [-0.3, -0.25) is 0 Å². The van der Waals surface area contributed by atoms with E-state index in [-0.39, 0.29) is 6.03 Å². The zero-order valence-corrected chi connectivity index (χ0v) is 11.6. The lowest BCUT2D eigenvalue weighted by atomic mass is 10.1. The fraction of sp³-hybridized carbons (Fsp3) is 0.188. The van der Waals surface area contributed by atoms with Crippen LogP contribution < -0.4 is 5.32 Å². The molecule has 1 aliphatic heterocycles. The Morgan fingerprint density at radius 3 is 2.67 bits per heavy atom. The molecule has 1 N–H and O–H groups in total. The van der Waals surface area contributed by atoms with Gasteiger partial charge in [-0.2, -0.15) is 10.2 Å². The number of rotatable bonds is 2. The quantitative estimate of drug-likeness (QED) is 0.920. The summed E-state index contributed by atoms with van der Waals surface area (Å²) in [6.45, 7) is 1.27. The van der Waals surface area contributed by atoms with E-state index in [1.807, 2.05) is 48.5 Å². The van der Waals surface area contributed by atoms with E-state index in [9.17, 15) is 4.79 Å². The van der Waals surface area contributed by atoms with E-state index >= 15 is 0 Å². The number of para-hydroxylation sites is 1. The van der Waals surface area contributed by atoms with E-state index in [0.717, 1.165) is 23.4 Å². The molecule has 0 aliphatic carbocycles. The third-order valence-corrected chi connectivity index (χ3v) is 3.42. The number of aromatic nitrogens is 2. The number of hydrogen-bond acceptors (Lipinski definition) is 3. The molecular formula is C16H16N4O. The average Bonchev–Trinajstić information content (AvgIpc) is 2.57. The lowest BCUT2D eigenvalue weighted by molar-refractivity contribution is 0.217. The number of nitrogens with one attached hydrogen (secondary N) is 1. The van der Waals surface area contributed by atoms with Crippen molar-refractivity contribution in [1.82, 2.24) is 15.1 Å². The predicted molar refractivity (Wildman–Crippen MR) is 81.7 cm³/mol. The first kappa shape index (κ1) is 13.3. The monoisotopic (exact) mass is 280 g/mol. The molecule has 0 atom stereocenters. The fourth-order valence-electron chi connectivity index (χ4n) is 2.28. The van der Waals surface area contributed by atoms with Crippen molar-refractivity contribution in [3.63, 3.8) is 0 Å². The van der Waals surface area contributed by atoms with Crippen molar-refractivity contribution in [3.8, 4) is 0 Å². The van der Waals surface area contributed by atoms with Crippen molar-refractivity contribution >= 4 is 17.3 Å². The molecule has 0 unspecified atom stereocenters. The molecule has 0 spiro atoms. The molecule has 5 nitrogen and oxygen atoms in total. The van der Waals surface area contributed by atoms with E-state index in [2.05, 4.69) is 15.5 Å². The number of carbonyl (C=O) groups excluding carboxylic acids is 1. The summed E-state index contributed by atoms with van der Waals surface area (Å²) in [5.41, 5.74) is 2.85. The van der Waals surface area contributed by atoms with Gasteiger partial charge < -0.3 is 10.2 Å². The van der Waals surface area contributed by atoms with Crippen LogP contribution in [0.15, 0.2) is 54.7 Å². The molecule has 2 amide bonds. The van der Waals surface area contributed by atoms with Crippen LogP contribution in [-0.2, 0) is 0 Å². The topological polar surface area (TPSA) is 58.1 Å². The van der Waals surface area contributed by atoms with Crippen molar-refractivity contribution in [3.05, 3.63) is 60.4 Å². The summed E-state index contributed by atoms with van der Waals surface area (Å²) in [5.74, 6) is 0. The molecule has 106 valence electrons. The zero-order valence-electron chi connectivity index (χ0n) is 11.6. The molecule has 0 bridgehead atoms. The maximum absolute atomic E-state index is 12.2. The molecular weight excluding hydrogens is 264 g/mol. The summed E-state index contributed by atoms with van der Waals surface area (Å²) in [6.07, 6.45) is 4.49. The number of benzene rings is 1. The Labute approximate surface area is 123 Å². The van der Waals surface area contributed by atoms with E-state index in [4.69, 9.17) is 0 Å². The number of hydrogen-bond donors (Lipinski definition) is 1. The first-order valence-corrected chi connectivity index (χ1v) is 6.91. The van der Waals surface area contributed by atoms with Gasteiger partial charge in [-0.1, -0.05) is 24.3 Å². The average molecular weight is 280 g/mol. The van der Waals surface area contributed by atoms with Gasteiger partial charge in [0.05, 0.1) is 5.69 Å². The van der Waals surface area contributed by atoms with E-state index in [1.54, 1.807) is 11.1 Å². The first-order chi connectivity index (χ1) is 10.3. The molecule has 1 aromatic heterocycles. The molecule has 1 aromatic carbocycles. The van der Waals surface area contributed by atoms with E-state index < -0.39 is 0 Å². The molecule has 3 rings (SSSR count). The summed E-state index contributed by atoms with van der Waals surface area (Å²) < 4.78 is 0. The number of urea groups is 1. The van der Waals surface area contributed by atoms with E-state index in [1.165, 1.54) is 0 Å². The Balaban J connectivity index is 1.63. The minimum atomic E-state index is -0.0735. The van der Waals surface area contributed by atoms with Gasteiger partial charge in [-0.05, 0) is 36.3 Å². The summed E-state index contributed by atoms with van der Waals surface area (Å²) in [7, 11) is 0. The third-order valence-electron chi connectivity index (χ3n) is 3.42. The second kappa shape index (κ2) is 6.17. The van der Waals surface area contributed by atoms with Gasteiger partial charge in [0.2, 0.25) is 0 Å². The van der Waals surface area contributed by atoms with Crippen molar-refractivity contribution in [2.45, 2.75) is 6.42 Å². The number of nitrogens with zero attached hydrogens (tertiary/aromatic N) is 3. The van der Waals surface area contributed by atoms with Crippen molar-refractivity contribution in [2.75, 3.05) is 18.4 Å². The standard InChI is InChI=1S/C16H16N4O/c21-16(18-14-5-2-1-3-6-14)20-11-8-13(9-12-20)15-7-4-10-17-19-15/h1-8,10H,9,11-12H2,(H,18,21). The van der Waals surface area contributed by atoms with Crippen molar-refractivity contribution in [1.29, 1.82) is 0 Å². The van der Waals surface area contributed by atoms with Crippen LogP contribution in [0.3, 0.4) is 0 Å². The van der Waals surface area contributed by atoms with Crippen LogP contribution in [0.4, 0.5) is 10.5 Å². The molecule has 0 fully saturated rings. The van der Waals surface area contributed by atoms with Gasteiger partial charge in [0.15, 0.2) is 0 Å². The van der Waals surface area contributed by atoms with E-state index in [0.29, 0.717) is 13.1 Å². The smallest absolute Gasteiger partial charge is 0.320 e. The van der Waals surface area contributed by atoms with Crippen molar-refractivity contribution < 1.29 is 4.79 Å². The summed E-state index contributed by atoms with van der Waals surface area (Å²) in [4.78, 5) is 14.0. The van der Waals surface area contributed by atoms with Crippen molar-refractivity contribution in [2.24, 2.45) is 0 Å². The minimum absolute atomic E-state index is 0.0735. The van der Waals surface area contributed by atoms with Crippen LogP contribution in [0.25, 0.3) is 5.57 Å².